The third kappa shape index (κ3) is 8.95. The Morgan fingerprint density at radius 1 is 0.631 bits per heavy atom. The van der Waals surface area contributed by atoms with Crippen LogP contribution < -0.4 is 19.7 Å². The fraction of sp³-hybridized carbons (Fsp3) is 0.263. The van der Waals surface area contributed by atoms with Crippen LogP contribution >= 0.6 is 0 Å². The van der Waals surface area contributed by atoms with E-state index in [4.69, 9.17) is 9.72 Å². The zero-order valence-corrected chi connectivity index (χ0v) is 42.9. The Bertz CT molecular complexity index is 3060. The molecule has 0 fully saturated rings. The largest absolute Gasteiger partial charge is 0.509 e. The van der Waals surface area contributed by atoms with Crippen LogP contribution in [0.15, 0.2) is 128 Å². The van der Waals surface area contributed by atoms with Crippen LogP contribution in [0.2, 0.25) is 19.6 Å². The molecule has 0 amide bonds. The molecule has 0 saturated heterocycles. The van der Waals surface area contributed by atoms with Crippen molar-refractivity contribution in [3.05, 3.63) is 169 Å². The maximum Gasteiger partial charge on any atom is 0.135 e. The van der Waals surface area contributed by atoms with Crippen molar-refractivity contribution in [2.24, 2.45) is 0 Å². The van der Waals surface area contributed by atoms with Gasteiger partial charge in [-0.3, -0.25) is 0 Å². The summed E-state index contributed by atoms with van der Waals surface area (Å²) in [6, 6.07) is 48.9. The fourth-order valence-corrected chi connectivity index (χ4v) is 9.75. The minimum Gasteiger partial charge on any atom is -0.509 e. The standard InChI is InChI=1S/C57H58FN4OSi.Pt/c1-55(2,3)38-26-27-59-53(32-38)62-50-25-22-41(58)33-49(50)48-24-23-45(35-52(48)62)63-44-18-14-17-42(34-44)60-36-61(43-30-39(56(4,5)6)29-40(31-43)57(7,8)9)54-47(20-15-21-51(54)60)37-16-13-19-46(28-37)64(10,11)12;/h13-33,36H,1-12H3;/q-3;. The Hall–Kier alpha value is -5.49. The second-order valence-corrected chi connectivity index (χ2v) is 26.4. The topological polar surface area (TPSA) is 33.5 Å². The van der Waals surface area contributed by atoms with Crippen molar-refractivity contribution >= 4 is 57.8 Å². The first-order valence-corrected chi connectivity index (χ1v) is 25.8. The number of aromatic nitrogens is 2. The molecule has 0 bridgehead atoms. The minimum absolute atomic E-state index is 0. The van der Waals surface area contributed by atoms with Gasteiger partial charge in [-0.1, -0.05) is 135 Å². The van der Waals surface area contributed by atoms with Crippen molar-refractivity contribution in [2.45, 2.75) is 98.2 Å². The number of nitrogens with zero attached hydrogens (tertiary/aromatic N) is 4. The minimum atomic E-state index is -1.60. The van der Waals surface area contributed by atoms with E-state index in [1.54, 1.807) is 6.07 Å². The van der Waals surface area contributed by atoms with Gasteiger partial charge in [-0.2, -0.15) is 12.1 Å². The van der Waals surface area contributed by atoms with Crippen molar-refractivity contribution < 1.29 is 30.2 Å². The molecule has 336 valence electrons. The molecule has 1 aliphatic rings. The van der Waals surface area contributed by atoms with Crippen molar-refractivity contribution in [1.29, 1.82) is 0 Å². The third-order valence-electron chi connectivity index (χ3n) is 12.4. The molecule has 0 atom stereocenters. The van der Waals surface area contributed by atoms with Gasteiger partial charge in [-0.05, 0) is 92.4 Å². The van der Waals surface area contributed by atoms with Crippen LogP contribution in [-0.2, 0) is 37.3 Å². The molecular weight excluding hydrogens is 999 g/mol. The van der Waals surface area contributed by atoms with Crippen LogP contribution in [0, 0.1) is 24.6 Å². The number of ether oxygens (including phenoxy) is 1. The van der Waals surface area contributed by atoms with Gasteiger partial charge in [-0.15, -0.1) is 48.1 Å². The van der Waals surface area contributed by atoms with E-state index in [2.05, 4.69) is 183 Å². The fourth-order valence-electron chi connectivity index (χ4n) is 8.56. The number of anilines is 4. The summed E-state index contributed by atoms with van der Waals surface area (Å²) >= 11 is 0. The molecule has 5 nitrogen and oxygen atoms in total. The average molecular weight is 1060 g/mol. The summed E-state index contributed by atoms with van der Waals surface area (Å²) in [5, 5.41) is 3.08. The second kappa shape index (κ2) is 16.7. The van der Waals surface area contributed by atoms with Crippen LogP contribution in [0.4, 0.5) is 27.1 Å². The summed E-state index contributed by atoms with van der Waals surface area (Å²) in [5.74, 6) is 1.51. The third-order valence-corrected chi connectivity index (χ3v) is 14.4. The first kappa shape index (κ1) is 46.1. The summed E-state index contributed by atoms with van der Waals surface area (Å²) in [7, 11) is -1.60. The van der Waals surface area contributed by atoms with E-state index >= 15 is 0 Å². The molecule has 65 heavy (non-hydrogen) atoms. The van der Waals surface area contributed by atoms with Crippen LogP contribution in [0.25, 0.3) is 38.8 Å². The summed E-state index contributed by atoms with van der Waals surface area (Å²) < 4.78 is 23.5. The summed E-state index contributed by atoms with van der Waals surface area (Å²) in [6.07, 6.45) is 1.84. The molecular formula is C57H58FN4OPtSi-3. The molecule has 0 saturated carbocycles. The number of rotatable bonds is 7. The molecule has 9 rings (SSSR count). The van der Waals surface area contributed by atoms with Gasteiger partial charge in [0.2, 0.25) is 0 Å². The smallest absolute Gasteiger partial charge is 0.135 e. The number of hydrogen-bond donors (Lipinski definition) is 0. The summed E-state index contributed by atoms with van der Waals surface area (Å²) in [6.45, 7) is 29.7. The average Bonchev–Trinajstić information content (AvgIpc) is 3.78. The quantitative estimate of drug-likeness (QED) is 0.118. The molecule has 0 radical (unpaired) electrons. The van der Waals surface area contributed by atoms with Crippen molar-refractivity contribution in [3.8, 4) is 28.4 Å². The van der Waals surface area contributed by atoms with Crippen molar-refractivity contribution in [3.63, 3.8) is 0 Å². The monoisotopic (exact) mass is 1060 g/mol. The predicted octanol–water partition coefficient (Wildman–Crippen LogP) is 15.2. The van der Waals surface area contributed by atoms with Gasteiger partial charge in [0, 0.05) is 66.9 Å². The number of hydrogen-bond acceptors (Lipinski definition) is 4. The normalized spacial score (nSPS) is 13.4. The Balaban J connectivity index is 0.00000576. The number of benzene rings is 6. The van der Waals surface area contributed by atoms with Gasteiger partial charge in [0.25, 0.3) is 0 Å². The van der Waals surface area contributed by atoms with Gasteiger partial charge in [0.15, 0.2) is 0 Å². The zero-order valence-electron chi connectivity index (χ0n) is 39.6. The molecule has 3 heterocycles. The van der Waals surface area contributed by atoms with Crippen LogP contribution in [0.3, 0.4) is 0 Å². The summed E-state index contributed by atoms with van der Waals surface area (Å²) in [5.41, 5.74) is 11.6. The Labute approximate surface area is 400 Å². The van der Waals surface area contributed by atoms with Gasteiger partial charge in [-0.25, -0.2) is 9.37 Å². The SMILES string of the molecule is CC(C)(C)c1cc(N2[CH-]N(c3[c-]c(Oc4[c-]c5c(cc4)c4cc(F)ccc4n5-c4cc(C(C)(C)C)ccn4)ccc3)c3cccc(-c4cccc([Si](C)(C)C)c4)c32)cc(C(C)(C)C)c1.[Pt]. The van der Waals surface area contributed by atoms with E-state index in [0.29, 0.717) is 11.5 Å². The first-order valence-electron chi connectivity index (χ1n) is 22.3. The van der Waals surface area contributed by atoms with Crippen LogP contribution in [0.5, 0.6) is 11.5 Å². The van der Waals surface area contributed by atoms with Gasteiger partial charge in [0.05, 0.1) is 8.07 Å². The molecule has 6 aromatic carbocycles. The van der Waals surface area contributed by atoms with Crippen molar-refractivity contribution in [2.75, 3.05) is 9.80 Å². The molecule has 0 spiro atoms. The van der Waals surface area contributed by atoms with E-state index in [1.807, 2.05) is 47.2 Å². The molecule has 2 aromatic heterocycles. The molecule has 1 aliphatic heterocycles. The van der Waals surface area contributed by atoms with Gasteiger partial charge in [0.1, 0.15) is 11.6 Å². The van der Waals surface area contributed by atoms with E-state index in [-0.39, 0.29) is 43.1 Å². The van der Waals surface area contributed by atoms with E-state index < -0.39 is 8.07 Å². The van der Waals surface area contributed by atoms with Crippen LogP contribution in [-0.4, -0.2) is 17.6 Å². The Morgan fingerprint density at radius 3 is 2.00 bits per heavy atom. The van der Waals surface area contributed by atoms with Gasteiger partial charge >= 0.3 is 0 Å². The molecule has 0 unspecified atom stereocenters. The number of halogens is 1. The van der Waals surface area contributed by atoms with Crippen molar-refractivity contribution in [1.82, 2.24) is 9.55 Å². The number of pyridine rings is 1. The maximum absolute atomic E-state index is 14.8. The number of para-hydroxylation sites is 1. The molecule has 0 aliphatic carbocycles. The van der Waals surface area contributed by atoms with E-state index in [0.717, 1.165) is 55.9 Å². The summed E-state index contributed by atoms with van der Waals surface area (Å²) in [4.78, 5) is 9.39. The first-order chi connectivity index (χ1) is 30.1. The van der Waals surface area contributed by atoms with E-state index in [9.17, 15) is 4.39 Å². The van der Waals surface area contributed by atoms with Crippen LogP contribution in [0.1, 0.15) is 79.0 Å². The maximum atomic E-state index is 14.8. The van der Waals surface area contributed by atoms with Gasteiger partial charge < -0.3 is 19.1 Å². The zero-order chi connectivity index (χ0) is 45.5. The Morgan fingerprint density at radius 2 is 1.31 bits per heavy atom. The molecule has 8 heteroatoms. The molecule has 0 N–H and O–H groups in total. The second-order valence-electron chi connectivity index (χ2n) is 21.4. The Kier molecular flexibility index (Phi) is 11.9. The predicted molar refractivity (Wildman–Crippen MR) is 269 cm³/mol. The number of fused-ring (bicyclic) bond motifs is 4. The van der Waals surface area contributed by atoms with E-state index in [1.165, 1.54) is 33.5 Å². The molecule has 8 aromatic rings.